The summed E-state index contributed by atoms with van der Waals surface area (Å²) in [5.74, 6) is -0.114. The van der Waals surface area contributed by atoms with E-state index in [4.69, 9.17) is 28.9 Å². The van der Waals surface area contributed by atoms with E-state index < -0.39 is 53.0 Å². The average molecular weight is 821 g/mol. The van der Waals surface area contributed by atoms with Gasteiger partial charge in [0.2, 0.25) is 11.8 Å². The summed E-state index contributed by atoms with van der Waals surface area (Å²) in [6, 6.07) is 5.35. The maximum Gasteiger partial charge on any atom is 0.408 e. The molecule has 16 heteroatoms. The summed E-state index contributed by atoms with van der Waals surface area (Å²) in [4.78, 5) is 65.8. The molecule has 3 heterocycles. The predicted molar refractivity (Wildman–Crippen MR) is 218 cm³/mol. The van der Waals surface area contributed by atoms with Crippen LogP contribution in [0, 0.1) is 23.2 Å². The molecule has 3 saturated carbocycles. The van der Waals surface area contributed by atoms with Crippen LogP contribution >= 0.6 is 11.3 Å². The van der Waals surface area contributed by atoms with Crippen molar-refractivity contribution in [3.05, 3.63) is 29.6 Å². The van der Waals surface area contributed by atoms with Gasteiger partial charge in [0.1, 0.15) is 53.6 Å². The number of anilines is 1. The van der Waals surface area contributed by atoms with E-state index in [9.17, 15) is 24.3 Å². The number of pyridine rings is 1. The third kappa shape index (κ3) is 8.97. The van der Waals surface area contributed by atoms with Gasteiger partial charge >= 0.3 is 12.1 Å². The van der Waals surface area contributed by atoms with Crippen molar-refractivity contribution in [2.75, 3.05) is 32.2 Å². The third-order valence-corrected chi connectivity index (χ3v) is 12.6. The molecule has 3 aliphatic carbocycles. The van der Waals surface area contributed by atoms with Gasteiger partial charge in [-0.15, -0.1) is 11.3 Å². The van der Waals surface area contributed by atoms with Crippen LogP contribution in [0.3, 0.4) is 0 Å². The highest BCUT2D eigenvalue weighted by molar-refractivity contribution is 7.14. The number of aromatic nitrogens is 2. The molecule has 0 bridgehead atoms. The number of ether oxygens (including phenoxy) is 4. The fourth-order valence-electron chi connectivity index (χ4n) is 8.46. The molecule has 58 heavy (non-hydrogen) atoms. The van der Waals surface area contributed by atoms with Crippen molar-refractivity contribution in [1.82, 2.24) is 25.5 Å². The van der Waals surface area contributed by atoms with Crippen molar-refractivity contribution in [1.29, 1.82) is 0 Å². The number of thiazole rings is 1. The summed E-state index contributed by atoms with van der Waals surface area (Å²) in [6.07, 6.45) is 2.25. The lowest BCUT2D eigenvalue weighted by Gasteiger charge is -2.35. The van der Waals surface area contributed by atoms with Gasteiger partial charge in [-0.1, -0.05) is 34.1 Å². The zero-order valence-electron chi connectivity index (χ0n) is 34.3. The molecule has 7 rings (SSSR count). The molecule has 1 aromatic carbocycles. The Bertz CT molecular complexity index is 2020. The zero-order chi connectivity index (χ0) is 41.5. The lowest BCUT2D eigenvalue weighted by molar-refractivity contribution is -0.146. The van der Waals surface area contributed by atoms with Crippen LogP contribution in [0.15, 0.2) is 29.6 Å². The fraction of sp³-hybridized carbons (Fsp3) is 0.619. The number of rotatable bonds is 16. The van der Waals surface area contributed by atoms with Gasteiger partial charge in [-0.25, -0.2) is 19.6 Å². The molecule has 1 saturated heterocycles. The van der Waals surface area contributed by atoms with E-state index in [1.54, 1.807) is 13.2 Å². The number of carboxylic acid groups (broad SMARTS) is 1. The number of carbonyl (C=O) groups is 4. The molecule has 3 aromatic rings. The predicted octanol–water partition coefficient (Wildman–Crippen LogP) is 5.86. The zero-order valence-corrected chi connectivity index (χ0v) is 35.1. The lowest BCUT2D eigenvalue weighted by Crippen LogP contribution is -2.59. The minimum atomic E-state index is -1.40. The van der Waals surface area contributed by atoms with Gasteiger partial charge in [0.15, 0.2) is 5.13 Å². The molecule has 4 N–H and O–H groups in total. The standard InChI is InChI=1S/C42H56N6O9S/c1-8-25-19-42(25,38(51)52)47-36(49)33-17-28(20-48(33)37(50)35(41(4,5)6)46-40(53)57-27-14-23-13-24(23)15-27)56-34-18-31(32-21-58-39(45-32)43-22(2)3)44-30-16-26(9-10-29(30)34)55-12-11-54-7/h9-10,16,18,21-25,27-28,33,35H,8,11-15,17,19-20H2,1-7H3,(H,43,45)(H,46,53)(H,47,49)(H,51,52)/t23-,24+,25?,27?,28-,33+,35-,42-/m1/s1. The molecule has 2 aromatic heterocycles. The van der Waals surface area contributed by atoms with E-state index in [0.717, 1.165) is 18.0 Å². The topological polar surface area (TPSA) is 191 Å². The van der Waals surface area contributed by atoms with Gasteiger partial charge < -0.3 is 44.9 Å². The number of hydrogen-bond acceptors (Lipinski definition) is 12. The van der Waals surface area contributed by atoms with E-state index in [1.807, 2.05) is 65.1 Å². The largest absolute Gasteiger partial charge is 0.491 e. The van der Waals surface area contributed by atoms with Crippen molar-refractivity contribution in [2.45, 2.75) is 116 Å². The monoisotopic (exact) mass is 820 g/mol. The number of benzene rings is 1. The van der Waals surface area contributed by atoms with Gasteiger partial charge in [0.25, 0.3) is 0 Å². The van der Waals surface area contributed by atoms with Gasteiger partial charge in [0, 0.05) is 42.5 Å². The van der Waals surface area contributed by atoms with Crippen LogP contribution in [0.25, 0.3) is 22.3 Å². The van der Waals surface area contributed by atoms with Gasteiger partial charge in [-0.05, 0) is 74.8 Å². The molecule has 1 aliphatic heterocycles. The van der Waals surface area contributed by atoms with Crippen molar-refractivity contribution in [2.24, 2.45) is 23.2 Å². The first-order valence-electron chi connectivity index (χ1n) is 20.4. The van der Waals surface area contributed by atoms with E-state index in [1.165, 1.54) is 22.7 Å². The molecular formula is C42H56N6O9S. The Labute approximate surface area is 342 Å². The number of likely N-dealkylation sites (tertiary alicyclic amines) is 1. The molecule has 4 aliphatic rings. The first-order chi connectivity index (χ1) is 27.6. The van der Waals surface area contributed by atoms with E-state index in [-0.39, 0.29) is 31.0 Å². The molecule has 0 spiro atoms. The number of amides is 3. The highest BCUT2D eigenvalue weighted by Gasteiger charge is 2.61. The van der Waals surface area contributed by atoms with Gasteiger partial charge in [-0.2, -0.15) is 0 Å². The maximum absolute atomic E-state index is 14.7. The van der Waals surface area contributed by atoms with E-state index in [0.29, 0.717) is 71.7 Å². The molecular weight excluding hydrogens is 765 g/mol. The number of alkyl carbamates (subject to hydrolysis) is 1. The molecule has 0 radical (unpaired) electrons. The highest BCUT2D eigenvalue weighted by atomic mass is 32.1. The Morgan fingerprint density at radius 2 is 1.78 bits per heavy atom. The molecule has 8 atom stereocenters. The molecule has 3 amide bonds. The number of carboxylic acids is 1. The van der Waals surface area contributed by atoms with Crippen LogP contribution < -0.4 is 25.4 Å². The smallest absolute Gasteiger partial charge is 0.408 e. The summed E-state index contributed by atoms with van der Waals surface area (Å²) in [5, 5.41) is 22.5. The minimum absolute atomic E-state index is 0.00000991. The molecule has 15 nitrogen and oxygen atoms in total. The van der Waals surface area contributed by atoms with E-state index in [2.05, 4.69) is 16.0 Å². The Kier molecular flexibility index (Phi) is 11.8. The molecule has 4 fully saturated rings. The van der Waals surface area contributed by atoms with Gasteiger partial charge in [-0.3, -0.25) is 9.59 Å². The van der Waals surface area contributed by atoms with Crippen LogP contribution in [0.5, 0.6) is 11.5 Å². The second-order valence-electron chi connectivity index (χ2n) is 17.6. The Balaban J connectivity index is 1.19. The third-order valence-electron chi connectivity index (χ3n) is 11.8. The minimum Gasteiger partial charge on any atom is -0.491 e. The Morgan fingerprint density at radius 3 is 2.43 bits per heavy atom. The average Bonchev–Trinajstić information content (AvgIpc) is 3.83. The number of hydrogen-bond donors (Lipinski definition) is 4. The number of nitrogens with one attached hydrogen (secondary N) is 3. The fourth-order valence-corrected chi connectivity index (χ4v) is 9.32. The van der Waals surface area contributed by atoms with Crippen molar-refractivity contribution in [3.63, 3.8) is 0 Å². The van der Waals surface area contributed by atoms with Crippen LogP contribution in [0.2, 0.25) is 0 Å². The van der Waals surface area contributed by atoms with Crippen LogP contribution in [0.1, 0.15) is 80.1 Å². The van der Waals surface area contributed by atoms with Crippen LogP contribution in [-0.4, -0.2) is 107 Å². The normalized spacial score (nSPS) is 26.5. The number of carbonyl (C=O) groups excluding carboxylic acids is 3. The number of aliphatic carboxylic acids is 1. The van der Waals surface area contributed by atoms with Gasteiger partial charge in [0.05, 0.1) is 24.4 Å². The Morgan fingerprint density at radius 1 is 1.02 bits per heavy atom. The summed E-state index contributed by atoms with van der Waals surface area (Å²) < 4.78 is 23.6. The quantitative estimate of drug-likeness (QED) is 0.126. The van der Waals surface area contributed by atoms with E-state index >= 15 is 0 Å². The molecule has 314 valence electrons. The summed E-state index contributed by atoms with van der Waals surface area (Å²) in [6.45, 7) is 12.2. The van der Waals surface area contributed by atoms with Crippen LogP contribution in [0.4, 0.5) is 9.93 Å². The van der Waals surface area contributed by atoms with Crippen molar-refractivity contribution >= 4 is 51.2 Å². The first kappa shape index (κ1) is 41.5. The SMILES string of the molecule is CCC1C[C@]1(NC(=O)[C@@H]1C[C@@H](Oc2cc(-c3csc(NC(C)C)n3)nc3cc(OCCOC)ccc23)CN1C(=O)[C@@H](NC(=O)OC1C[C@@H]2C[C@@H]2C1)C(C)(C)C)C(=O)O. The summed E-state index contributed by atoms with van der Waals surface area (Å²) in [7, 11) is 1.61. The second-order valence-corrected chi connectivity index (χ2v) is 18.5. The Hall–Kier alpha value is -4.70. The molecule has 2 unspecified atom stereocenters. The number of fused-ring (bicyclic) bond motifs is 2. The van der Waals surface area contributed by atoms with Crippen molar-refractivity contribution in [3.8, 4) is 22.9 Å². The number of methoxy groups -OCH3 is 1. The lowest BCUT2D eigenvalue weighted by atomic mass is 9.85. The second kappa shape index (κ2) is 16.5. The van der Waals surface area contributed by atoms with Crippen LogP contribution in [-0.2, 0) is 23.9 Å². The maximum atomic E-state index is 14.7. The number of nitrogens with zero attached hydrogens (tertiary/aromatic N) is 3. The van der Waals surface area contributed by atoms with Crippen molar-refractivity contribution < 1.29 is 43.2 Å². The highest BCUT2D eigenvalue weighted by Crippen LogP contribution is 2.52. The summed E-state index contributed by atoms with van der Waals surface area (Å²) >= 11 is 1.46. The first-order valence-corrected chi connectivity index (χ1v) is 21.2. The summed E-state index contributed by atoms with van der Waals surface area (Å²) in [5.41, 5.74) is -0.381.